The van der Waals surface area contributed by atoms with Gasteiger partial charge in [-0.2, -0.15) is 0 Å². The maximum absolute atomic E-state index is 11.5. The molecule has 0 aliphatic rings. The average molecular weight is 375 g/mol. The summed E-state index contributed by atoms with van der Waals surface area (Å²) in [6, 6.07) is 12.4. The molecule has 0 bridgehead atoms. The number of nitrogens with two attached hydrogens (primary N) is 1. The van der Waals surface area contributed by atoms with Crippen LogP contribution in [-0.2, 0) is 4.74 Å². The molecule has 0 aliphatic heterocycles. The second kappa shape index (κ2) is 6.99. The van der Waals surface area contributed by atoms with Gasteiger partial charge in [-0.05, 0) is 48.9 Å². The van der Waals surface area contributed by atoms with Crippen LogP contribution in [0.5, 0.6) is 11.6 Å². The number of aromatic nitrogens is 4. The normalized spacial score (nSPS) is 10.8. The zero-order valence-corrected chi connectivity index (χ0v) is 15.3. The van der Waals surface area contributed by atoms with Gasteiger partial charge in [0.25, 0.3) is 0 Å². The zero-order valence-electron chi connectivity index (χ0n) is 15.3. The number of methoxy groups -OCH3 is 1. The molecule has 0 radical (unpaired) electrons. The van der Waals surface area contributed by atoms with Crippen LogP contribution in [0.2, 0.25) is 0 Å². The van der Waals surface area contributed by atoms with Crippen LogP contribution in [0.3, 0.4) is 0 Å². The first-order valence-electron chi connectivity index (χ1n) is 8.49. The molecule has 8 heteroatoms. The van der Waals surface area contributed by atoms with E-state index < -0.39 is 5.97 Å². The highest BCUT2D eigenvalue weighted by Crippen LogP contribution is 2.27. The van der Waals surface area contributed by atoms with Gasteiger partial charge in [-0.25, -0.2) is 19.7 Å². The van der Waals surface area contributed by atoms with Crippen molar-refractivity contribution in [3.8, 4) is 23.1 Å². The molecular weight excluding hydrogens is 358 g/mol. The lowest BCUT2D eigenvalue weighted by Crippen LogP contribution is -2.01. The first-order chi connectivity index (χ1) is 13.5. The number of benzene rings is 2. The average Bonchev–Trinajstić information content (AvgIpc) is 3.12. The van der Waals surface area contributed by atoms with Crippen molar-refractivity contribution in [1.82, 2.24) is 19.9 Å². The first-order valence-corrected chi connectivity index (χ1v) is 8.49. The molecular formula is C20H17N5O3. The third kappa shape index (κ3) is 3.35. The molecule has 8 nitrogen and oxygen atoms in total. The highest BCUT2D eigenvalue weighted by molar-refractivity contribution is 5.89. The van der Waals surface area contributed by atoms with Gasteiger partial charge in [0.1, 0.15) is 5.75 Å². The fourth-order valence-corrected chi connectivity index (χ4v) is 2.74. The Morgan fingerprint density at radius 2 is 1.89 bits per heavy atom. The number of carbonyl (C=O) groups excluding carboxylic acids is 1. The van der Waals surface area contributed by atoms with Gasteiger partial charge in [-0.3, -0.25) is 0 Å². The number of hydrogen-bond donors (Lipinski definition) is 2. The van der Waals surface area contributed by atoms with Gasteiger partial charge < -0.3 is 20.2 Å². The smallest absolute Gasteiger partial charge is 0.337 e. The van der Waals surface area contributed by atoms with Crippen LogP contribution in [0.1, 0.15) is 15.9 Å². The summed E-state index contributed by atoms with van der Waals surface area (Å²) in [5.74, 6) is 1.09. The summed E-state index contributed by atoms with van der Waals surface area (Å²) in [7, 11) is 1.33. The number of imidazole rings is 1. The van der Waals surface area contributed by atoms with Gasteiger partial charge in [0.05, 0.1) is 29.9 Å². The van der Waals surface area contributed by atoms with E-state index in [0.717, 1.165) is 16.6 Å². The van der Waals surface area contributed by atoms with E-state index in [-0.39, 0.29) is 11.7 Å². The number of aryl methyl sites for hydroxylation is 1. The predicted octanol–water partition coefficient (Wildman–Crippen LogP) is 3.49. The summed E-state index contributed by atoms with van der Waals surface area (Å²) < 4.78 is 10.4. The van der Waals surface area contributed by atoms with Gasteiger partial charge in [0, 0.05) is 0 Å². The van der Waals surface area contributed by atoms with E-state index >= 15 is 0 Å². The van der Waals surface area contributed by atoms with Crippen LogP contribution in [0, 0.1) is 6.92 Å². The van der Waals surface area contributed by atoms with Crippen LogP contribution in [0.25, 0.3) is 22.6 Å². The molecule has 3 N–H and O–H groups in total. The number of H-pyrrole nitrogens is 1. The summed E-state index contributed by atoms with van der Waals surface area (Å²) >= 11 is 0. The Labute approximate surface area is 160 Å². The van der Waals surface area contributed by atoms with Crippen molar-refractivity contribution in [3.63, 3.8) is 0 Å². The van der Waals surface area contributed by atoms with Crippen molar-refractivity contribution < 1.29 is 14.3 Å². The number of ether oxygens (including phenoxy) is 2. The first kappa shape index (κ1) is 17.5. The molecule has 2 aromatic heterocycles. The molecule has 0 amide bonds. The van der Waals surface area contributed by atoms with Gasteiger partial charge in [0.15, 0.2) is 17.3 Å². The maximum Gasteiger partial charge on any atom is 0.337 e. The largest absolute Gasteiger partial charge is 0.465 e. The van der Waals surface area contributed by atoms with E-state index in [2.05, 4.69) is 24.7 Å². The molecule has 0 atom stereocenters. The van der Waals surface area contributed by atoms with Gasteiger partial charge >= 0.3 is 5.97 Å². The summed E-state index contributed by atoms with van der Waals surface area (Å²) in [4.78, 5) is 27.8. The quantitative estimate of drug-likeness (QED) is 0.524. The summed E-state index contributed by atoms with van der Waals surface area (Å²) in [5.41, 5.74) is 9.64. The number of anilines is 1. The minimum absolute atomic E-state index is 0.240. The molecule has 0 aliphatic carbocycles. The second-order valence-electron chi connectivity index (χ2n) is 6.17. The molecule has 0 saturated carbocycles. The Morgan fingerprint density at radius 3 is 2.64 bits per heavy atom. The molecule has 2 heterocycles. The Morgan fingerprint density at radius 1 is 1.11 bits per heavy atom. The van der Waals surface area contributed by atoms with Crippen molar-refractivity contribution in [2.24, 2.45) is 0 Å². The van der Waals surface area contributed by atoms with E-state index in [4.69, 9.17) is 10.5 Å². The summed E-state index contributed by atoms with van der Waals surface area (Å²) in [6.45, 7) is 2.01. The molecule has 4 aromatic rings. The maximum atomic E-state index is 11.5. The van der Waals surface area contributed by atoms with Crippen molar-refractivity contribution >= 4 is 22.8 Å². The highest BCUT2D eigenvalue weighted by Gasteiger charge is 2.14. The lowest BCUT2D eigenvalue weighted by molar-refractivity contribution is 0.0600. The molecule has 0 saturated heterocycles. The second-order valence-corrected chi connectivity index (χ2v) is 6.17. The van der Waals surface area contributed by atoms with Crippen molar-refractivity contribution in [1.29, 1.82) is 0 Å². The molecule has 0 unspecified atom stereocenters. The minimum Gasteiger partial charge on any atom is -0.465 e. The number of nitrogen functional groups attached to an aromatic ring is 1. The number of fused-ring (bicyclic) bond motifs is 1. The highest BCUT2D eigenvalue weighted by atomic mass is 16.5. The van der Waals surface area contributed by atoms with Crippen LogP contribution >= 0.6 is 0 Å². The monoisotopic (exact) mass is 375 g/mol. The molecule has 0 fully saturated rings. The predicted molar refractivity (Wildman–Crippen MR) is 104 cm³/mol. The van der Waals surface area contributed by atoms with Crippen molar-refractivity contribution in [3.05, 3.63) is 59.8 Å². The number of rotatable bonds is 4. The van der Waals surface area contributed by atoms with E-state index in [9.17, 15) is 4.79 Å². The zero-order chi connectivity index (χ0) is 19.7. The number of hydrogen-bond acceptors (Lipinski definition) is 7. The number of aromatic amines is 1. The van der Waals surface area contributed by atoms with Crippen LogP contribution < -0.4 is 10.5 Å². The minimum atomic E-state index is -0.416. The molecule has 4 rings (SSSR count). The number of nitrogens with zero attached hydrogens (tertiary/aromatic N) is 3. The lowest BCUT2D eigenvalue weighted by Gasteiger charge is -2.07. The SMILES string of the molecule is COC(=O)c1ccc(Oc2cnc(N)c(-c3nc4ccc(C)cc4[nH]3)n2)cc1. The van der Waals surface area contributed by atoms with Crippen LogP contribution in [0.15, 0.2) is 48.7 Å². The molecule has 2 aromatic carbocycles. The van der Waals surface area contributed by atoms with Gasteiger partial charge in [-0.15, -0.1) is 0 Å². The van der Waals surface area contributed by atoms with Gasteiger partial charge in [-0.1, -0.05) is 6.07 Å². The number of carbonyl (C=O) groups is 1. The van der Waals surface area contributed by atoms with E-state index in [1.165, 1.54) is 13.3 Å². The number of nitrogens with one attached hydrogen (secondary N) is 1. The third-order valence-corrected chi connectivity index (χ3v) is 4.14. The standard InChI is InChI=1S/C20H17N5O3/c1-11-3-8-14-15(9-11)24-19(23-14)17-18(21)22-10-16(25-17)28-13-6-4-12(5-7-13)20(26)27-2/h3-10H,1-2H3,(H2,21,22)(H,23,24). The number of esters is 1. The fraction of sp³-hybridized carbons (Fsp3) is 0.100. The van der Waals surface area contributed by atoms with Crippen molar-refractivity contribution in [2.45, 2.75) is 6.92 Å². The van der Waals surface area contributed by atoms with E-state index in [1.54, 1.807) is 24.3 Å². The fourth-order valence-electron chi connectivity index (χ4n) is 2.74. The van der Waals surface area contributed by atoms with E-state index in [0.29, 0.717) is 22.8 Å². The summed E-state index contributed by atoms with van der Waals surface area (Å²) in [6.07, 6.45) is 1.43. The topological polar surface area (TPSA) is 116 Å². The Balaban J connectivity index is 1.64. The Hall–Kier alpha value is -3.94. The molecule has 0 spiro atoms. The lowest BCUT2D eigenvalue weighted by atomic mass is 10.2. The Bertz CT molecular complexity index is 1170. The van der Waals surface area contributed by atoms with Crippen LogP contribution in [0.4, 0.5) is 5.82 Å². The summed E-state index contributed by atoms with van der Waals surface area (Å²) in [5, 5.41) is 0. The Kier molecular flexibility index (Phi) is 4.36. The third-order valence-electron chi connectivity index (χ3n) is 4.14. The van der Waals surface area contributed by atoms with Gasteiger partial charge in [0.2, 0.25) is 5.88 Å². The molecule has 140 valence electrons. The van der Waals surface area contributed by atoms with Crippen molar-refractivity contribution in [2.75, 3.05) is 12.8 Å². The van der Waals surface area contributed by atoms with E-state index in [1.807, 2.05) is 25.1 Å². The molecule has 28 heavy (non-hydrogen) atoms. The van der Waals surface area contributed by atoms with Crippen LogP contribution in [-0.4, -0.2) is 33.0 Å².